The topological polar surface area (TPSA) is 141 Å². The van der Waals surface area contributed by atoms with Gasteiger partial charge in [-0.1, -0.05) is 18.2 Å². The number of carbonyl (C=O) groups is 3. The molecule has 264 valence electrons. The summed E-state index contributed by atoms with van der Waals surface area (Å²) in [5, 5.41) is 4.69. The highest BCUT2D eigenvalue weighted by Crippen LogP contribution is 2.36. The predicted molar refractivity (Wildman–Crippen MR) is 162 cm³/mol. The van der Waals surface area contributed by atoms with Crippen LogP contribution >= 0.6 is 0 Å². The summed E-state index contributed by atoms with van der Waals surface area (Å²) in [6.45, 7) is -0.563. The number of benzene rings is 2. The molecule has 0 saturated carbocycles. The fourth-order valence-electron chi connectivity index (χ4n) is 5.90. The summed E-state index contributed by atoms with van der Waals surface area (Å²) >= 11 is 0. The average molecular weight is 687 g/mol. The van der Waals surface area contributed by atoms with Crippen LogP contribution in [0.4, 0.5) is 37.2 Å². The molecule has 2 saturated heterocycles. The second-order valence-electron chi connectivity index (χ2n) is 11.6. The molecule has 0 spiro atoms. The molecule has 4 N–H and O–H groups in total. The SMILES string of the molecule is COC(=O)N(C(=O)[C@@H](N)[C@@H](c1ccc(F)cc1)C1CCOCC1)c1cccc(F)c1CC[C@@H]1CN[C@H](COC(=O)NCC(F)(F)F)CO1. The highest BCUT2D eigenvalue weighted by molar-refractivity contribution is 6.15. The van der Waals surface area contributed by atoms with Crippen molar-refractivity contribution in [1.82, 2.24) is 10.6 Å². The number of imide groups is 1. The van der Waals surface area contributed by atoms with E-state index in [1.807, 2.05) is 0 Å². The van der Waals surface area contributed by atoms with Crippen molar-refractivity contribution < 1.29 is 55.3 Å². The Morgan fingerprint density at radius 2 is 1.81 bits per heavy atom. The molecular formula is C32H39F5N4O7. The lowest BCUT2D eigenvalue weighted by Crippen LogP contribution is -2.52. The summed E-state index contributed by atoms with van der Waals surface area (Å²) < 4.78 is 87.0. The van der Waals surface area contributed by atoms with E-state index in [1.54, 1.807) is 17.4 Å². The fourth-order valence-corrected chi connectivity index (χ4v) is 5.90. The van der Waals surface area contributed by atoms with Crippen molar-refractivity contribution >= 4 is 23.8 Å². The second kappa shape index (κ2) is 17.0. The zero-order valence-corrected chi connectivity index (χ0v) is 26.3. The van der Waals surface area contributed by atoms with E-state index in [0.717, 1.165) is 12.0 Å². The van der Waals surface area contributed by atoms with Crippen LogP contribution in [0, 0.1) is 17.6 Å². The minimum Gasteiger partial charge on any atom is -0.452 e. The van der Waals surface area contributed by atoms with E-state index in [4.69, 9.17) is 24.7 Å². The summed E-state index contributed by atoms with van der Waals surface area (Å²) in [6.07, 6.45) is -5.85. The van der Waals surface area contributed by atoms with Crippen molar-refractivity contribution in [3.8, 4) is 0 Å². The number of nitrogens with one attached hydrogen (secondary N) is 2. The largest absolute Gasteiger partial charge is 0.452 e. The zero-order chi connectivity index (χ0) is 34.8. The molecule has 0 aliphatic carbocycles. The number of methoxy groups -OCH3 is 1. The van der Waals surface area contributed by atoms with Crippen LogP contribution in [0.15, 0.2) is 42.5 Å². The first-order chi connectivity index (χ1) is 22.9. The van der Waals surface area contributed by atoms with E-state index in [2.05, 4.69) is 5.32 Å². The number of nitrogens with zero attached hydrogens (tertiary/aromatic N) is 1. The number of hydrogen-bond acceptors (Lipinski definition) is 9. The summed E-state index contributed by atoms with van der Waals surface area (Å²) in [5.74, 6) is -2.69. The fraction of sp³-hybridized carbons (Fsp3) is 0.531. The van der Waals surface area contributed by atoms with E-state index in [0.29, 0.717) is 31.6 Å². The minimum absolute atomic E-state index is 0.0345. The first-order valence-electron chi connectivity index (χ1n) is 15.5. The number of amides is 3. The highest BCUT2D eigenvalue weighted by atomic mass is 19.4. The molecule has 2 aromatic carbocycles. The molecule has 2 heterocycles. The van der Waals surface area contributed by atoms with Gasteiger partial charge in [0, 0.05) is 31.2 Å². The minimum atomic E-state index is -4.57. The van der Waals surface area contributed by atoms with Crippen LogP contribution < -0.4 is 21.3 Å². The molecule has 0 bridgehead atoms. The molecule has 4 atom stereocenters. The van der Waals surface area contributed by atoms with Crippen LogP contribution in [0.1, 0.15) is 36.3 Å². The molecule has 2 aliphatic rings. The quantitative estimate of drug-likeness (QED) is 0.297. The van der Waals surface area contributed by atoms with Gasteiger partial charge in [0.05, 0.1) is 37.6 Å². The van der Waals surface area contributed by atoms with Gasteiger partial charge >= 0.3 is 18.4 Å². The van der Waals surface area contributed by atoms with Gasteiger partial charge in [-0.05, 0) is 61.4 Å². The molecule has 0 radical (unpaired) electrons. The number of carbonyl (C=O) groups excluding carboxylic acids is 3. The maximum atomic E-state index is 15.4. The third kappa shape index (κ3) is 10.1. The van der Waals surface area contributed by atoms with Gasteiger partial charge < -0.3 is 35.3 Å². The summed E-state index contributed by atoms with van der Waals surface area (Å²) in [4.78, 5) is 39.5. The normalized spacial score (nSPS) is 20.0. The molecule has 0 unspecified atom stereocenters. The molecule has 48 heavy (non-hydrogen) atoms. The second-order valence-corrected chi connectivity index (χ2v) is 11.6. The summed E-state index contributed by atoms with van der Waals surface area (Å²) in [5.41, 5.74) is 7.23. The van der Waals surface area contributed by atoms with Crippen LogP contribution in [0.2, 0.25) is 0 Å². The monoisotopic (exact) mass is 686 g/mol. The molecule has 2 fully saturated rings. The number of anilines is 1. The first-order valence-corrected chi connectivity index (χ1v) is 15.5. The molecule has 2 aromatic rings. The molecule has 0 aromatic heterocycles. The highest BCUT2D eigenvalue weighted by Gasteiger charge is 2.40. The Bertz CT molecular complexity index is 1380. The van der Waals surface area contributed by atoms with Gasteiger partial charge in [-0.2, -0.15) is 13.2 Å². The molecule has 4 rings (SSSR count). The van der Waals surface area contributed by atoms with E-state index in [1.165, 1.54) is 30.3 Å². The van der Waals surface area contributed by atoms with Crippen molar-refractivity contribution in [3.05, 3.63) is 65.2 Å². The Kier molecular flexibility index (Phi) is 13.1. The Morgan fingerprint density at radius 3 is 2.44 bits per heavy atom. The number of ether oxygens (including phenoxy) is 4. The van der Waals surface area contributed by atoms with Gasteiger partial charge in [-0.15, -0.1) is 0 Å². The van der Waals surface area contributed by atoms with Gasteiger partial charge in [0.2, 0.25) is 0 Å². The van der Waals surface area contributed by atoms with Crippen LogP contribution in [-0.4, -0.2) is 89.1 Å². The lowest BCUT2D eigenvalue weighted by Gasteiger charge is -2.36. The van der Waals surface area contributed by atoms with Crippen molar-refractivity contribution in [3.63, 3.8) is 0 Å². The van der Waals surface area contributed by atoms with Crippen molar-refractivity contribution in [2.75, 3.05) is 51.5 Å². The lowest BCUT2D eigenvalue weighted by molar-refractivity contribution is -0.124. The maximum absolute atomic E-state index is 15.4. The smallest absolute Gasteiger partial charge is 0.420 e. The molecule has 3 amide bonds. The van der Waals surface area contributed by atoms with Gasteiger partial charge in [-0.25, -0.2) is 23.3 Å². The van der Waals surface area contributed by atoms with Gasteiger partial charge in [0.15, 0.2) is 0 Å². The number of alkyl carbamates (subject to hydrolysis) is 1. The lowest BCUT2D eigenvalue weighted by atomic mass is 9.76. The van der Waals surface area contributed by atoms with Crippen LogP contribution in [-0.2, 0) is 30.2 Å². The van der Waals surface area contributed by atoms with E-state index in [-0.39, 0.29) is 49.8 Å². The Hall–Kier alpha value is -3.86. The van der Waals surface area contributed by atoms with E-state index >= 15 is 4.39 Å². The number of hydrogen-bond donors (Lipinski definition) is 3. The predicted octanol–water partition coefficient (Wildman–Crippen LogP) is 4.18. The Morgan fingerprint density at radius 1 is 1.10 bits per heavy atom. The maximum Gasteiger partial charge on any atom is 0.420 e. The number of rotatable bonds is 11. The average Bonchev–Trinajstić information content (AvgIpc) is 3.07. The van der Waals surface area contributed by atoms with Crippen molar-refractivity contribution in [2.45, 2.75) is 56.0 Å². The Balaban J connectivity index is 1.45. The number of nitrogens with two attached hydrogens (primary N) is 1. The van der Waals surface area contributed by atoms with Gasteiger partial charge in [-0.3, -0.25) is 4.79 Å². The van der Waals surface area contributed by atoms with E-state index in [9.17, 15) is 31.9 Å². The molecule has 2 aliphatic heterocycles. The van der Waals surface area contributed by atoms with Gasteiger partial charge in [0.25, 0.3) is 5.91 Å². The molecule has 11 nitrogen and oxygen atoms in total. The van der Waals surface area contributed by atoms with Crippen LogP contribution in [0.3, 0.4) is 0 Å². The van der Waals surface area contributed by atoms with Gasteiger partial charge in [0.1, 0.15) is 24.8 Å². The number of halogens is 5. The zero-order valence-electron chi connectivity index (χ0n) is 26.3. The standard InChI is InChI=1S/C32H39F5N4O7/c1-45-31(44)41(29(42)28(38)27(20-11-13-46-14-12-20)19-5-7-21(33)8-6-19)26-4-2-3-25(34)24(26)10-9-23-15-39-22(16-47-23)17-48-30(43)40-18-32(35,36)37/h2-8,20,22-23,27-28,39H,9-18,38H2,1H3,(H,40,43)/t22-,23+,27-,28-/m0/s1. The third-order valence-corrected chi connectivity index (χ3v) is 8.35. The Labute approximate surface area is 274 Å². The van der Waals surface area contributed by atoms with Crippen LogP contribution in [0.5, 0.6) is 0 Å². The van der Waals surface area contributed by atoms with Crippen molar-refractivity contribution in [1.29, 1.82) is 0 Å². The summed E-state index contributed by atoms with van der Waals surface area (Å²) in [6, 6.07) is 7.84. The van der Waals surface area contributed by atoms with E-state index < -0.39 is 66.6 Å². The molecular weight excluding hydrogens is 647 g/mol. The first kappa shape index (κ1) is 37.0. The number of alkyl halides is 3. The third-order valence-electron chi connectivity index (χ3n) is 8.35. The van der Waals surface area contributed by atoms with Crippen LogP contribution in [0.25, 0.3) is 0 Å². The van der Waals surface area contributed by atoms with Crippen molar-refractivity contribution in [2.24, 2.45) is 11.7 Å². The summed E-state index contributed by atoms with van der Waals surface area (Å²) in [7, 11) is 1.09. The number of morpholine rings is 1. The molecule has 16 heteroatoms.